The molecule has 1 aromatic rings. The molecular formula is C16H26N2O3. The third-order valence-electron chi connectivity index (χ3n) is 2.90. The van der Waals surface area contributed by atoms with Crippen molar-refractivity contribution in [1.82, 2.24) is 10.2 Å². The van der Waals surface area contributed by atoms with Crippen molar-refractivity contribution in [3.63, 3.8) is 0 Å². The summed E-state index contributed by atoms with van der Waals surface area (Å²) in [6, 6.07) is 6.14. The molecule has 0 aliphatic carbocycles. The lowest BCUT2D eigenvalue weighted by molar-refractivity contribution is -0.130. The molecule has 1 rings (SSSR count). The van der Waals surface area contributed by atoms with Crippen LogP contribution in [0.2, 0.25) is 0 Å². The Hall–Kier alpha value is -1.75. The molecule has 1 N–H and O–H groups in total. The molecule has 0 atom stereocenters. The number of benzene rings is 1. The Morgan fingerprint density at radius 1 is 1.29 bits per heavy atom. The summed E-state index contributed by atoms with van der Waals surface area (Å²) in [7, 11) is 3.42. The zero-order valence-corrected chi connectivity index (χ0v) is 13.6. The quantitative estimate of drug-likeness (QED) is 0.797. The molecule has 0 heterocycles. The third-order valence-corrected chi connectivity index (χ3v) is 2.90. The Morgan fingerprint density at radius 2 is 2.00 bits per heavy atom. The lowest BCUT2D eigenvalue weighted by Gasteiger charge is -2.18. The number of likely N-dealkylation sites (N-methyl/N-ethyl adjacent to an activating group) is 1. The van der Waals surface area contributed by atoms with Crippen molar-refractivity contribution >= 4 is 5.91 Å². The maximum atomic E-state index is 11.7. The van der Waals surface area contributed by atoms with Crippen LogP contribution in [0.3, 0.4) is 0 Å². The molecule has 0 saturated carbocycles. The van der Waals surface area contributed by atoms with Crippen LogP contribution in [-0.4, -0.2) is 44.2 Å². The number of para-hydroxylation sites is 1. The summed E-state index contributed by atoms with van der Waals surface area (Å²) in [5.41, 5.74) is 0.987. The number of ether oxygens (including phenoxy) is 2. The maximum absolute atomic E-state index is 11.7. The van der Waals surface area contributed by atoms with Crippen molar-refractivity contribution in [2.45, 2.75) is 33.4 Å². The smallest absolute Gasteiger partial charge is 0.259 e. The standard InChI is InChI=1S/C16H26N2O3/c1-6-20-14-9-7-8-13(10-17-12(2)3)16(14)21-11-15(19)18(4)5/h7-9,12,17H,6,10-11H2,1-5H3. The van der Waals surface area contributed by atoms with E-state index in [0.717, 1.165) is 5.56 Å². The summed E-state index contributed by atoms with van der Waals surface area (Å²) < 4.78 is 11.3. The number of rotatable bonds is 8. The van der Waals surface area contributed by atoms with E-state index < -0.39 is 0 Å². The van der Waals surface area contributed by atoms with Crippen LogP contribution < -0.4 is 14.8 Å². The Bertz CT molecular complexity index is 459. The first kappa shape index (κ1) is 17.3. The van der Waals surface area contributed by atoms with Crippen molar-refractivity contribution in [2.24, 2.45) is 0 Å². The highest BCUT2D eigenvalue weighted by atomic mass is 16.5. The predicted molar refractivity (Wildman–Crippen MR) is 83.8 cm³/mol. The van der Waals surface area contributed by atoms with Gasteiger partial charge in [-0.05, 0) is 13.0 Å². The van der Waals surface area contributed by atoms with E-state index in [1.165, 1.54) is 4.90 Å². The second-order valence-corrected chi connectivity index (χ2v) is 5.29. The molecule has 118 valence electrons. The van der Waals surface area contributed by atoms with Gasteiger partial charge >= 0.3 is 0 Å². The number of nitrogens with zero attached hydrogens (tertiary/aromatic N) is 1. The SMILES string of the molecule is CCOc1cccc(CNC(C)C)c1OCC(=O)N(C)C. The van der Waals surface area contributed by atoms with Crippen molar-refractivity contribution in [3.8, 4) is 11.5 Å². The number of carbonyl (C=O) groups is 1. The molecule has 0 fully saturated rings. The number of nitrogens with one attached hydrogen (secondary N) is 1. The molecule has 0 aliphatic heterocycles. The van der Waals surface area contributed by atoms with E-state index in [9.17, 15) is 4.79 Å². The molecule has 0 radical (unpaired) electrons. The van der Waals surface area contributed by atoms with Gasteiger partial charge in [-0.25, -0.2) is 0 Å². The van der Waals surface area contributed by atoms with Gasteiger partial charge in [-0.2, -0.15) is 0 Å². The highest BCUT2D eigenvalue weighted by molar-refractivity contribution is 5.77. The van der Waals surface area contributed by atoms with Crippen LogP contribution in [0.15, 0.2) is 18.2 Å². The molecule has 0 aromatic heterocycles. The van der Waals surface area contributed by atoms with E-state index in [2.05, 4.69) is 19.2 Å². The summed E-state index contributed by atoms with van der Waals surface area (Å²) in [4.78, 5) is 13.2. The van der Waals surface area contributed by atoms with Crippen LogP contribution in [0.4, 0.5) is 0 Å². The van der Waals surface area contributed by atoms with E-state index in [-0.39, 0.29) is 12.5 Å². The Labute approximate surface area is 127 Å². The Balaban J connectivity index is 2.90. The van der Waals surface area contributed by atoms with Crippen LogP contribution in [-0.2, 0) is 11.3 Å². The Kier molecular flexibility index (Phi) is 7.02. The highest BCUT2D eigenvalue weighted by Crippen LogP contribution is 2.31. The van der Waals surface area contributed by atoms with Crippen LogP contribution in [0.1, 0.15) is 26.3 Å². The number of hydrogen-bond donors (Lipinski definition) is 1. The average molecular weight is 294 g/mol. The van der Waals surface area contributed by atoms with E-state index >= 15 is 0 Å². The fourth-order valence-electron chi connectivity index (χ4n) is 1.71. The first-order valence-electron chi connectivity index (χ1n) is 7.26. The van der Waals surface area contributed by atoms with Gasteiger partial charge in [0.05, 0.1) is 6.61 Å². The minimum atomic E-state index is -0.0796. The first-order chi connectivity index (χ1) is 9.95. The van der Waals surface area contributed by atoms with Gasteiger partial charge < -0.3 is 19.7 Å². The van der Waals surface area contributed by atoms with Crippen LogP contribution in [0.25, 0.3) is 0 Å². The highest BCUT2D eigenvalue weighted by Gasteiger charge is 2.14. The molecule has 5 nitrogen and oxygen atoms in total. The van der Waals surface area contributed by atoms with E-state index in [0.29, 0.717) is 30.7 Å². The van der Waals surface area contributed by atoms with Crippen LogP contribution >= 0.6 is 0 Å². The summed E-state index contributed by atoms with van der Waals surface area (Å²) in [6.45, 7) is 7.33. The zero-order valence-electron chi connectivity index (χ0n) is 13.6. The average Bonchev–Trinajstić information content (AvgIpc) is 2.43. The molecule has 5 heteroatoms. The minimum Gasteiger partial charge on any atom is -0.490 e. The van der Waals surface area contributed by atoms with Crippen LogP contribution in [0.5, 0.6) is 11.5 Å². The number of hydrogen-bond acceptors (Lipinski definition) is 4. The fraction of sp³-hybridized carbons (Fsp3) is 0.562. The zero-order chi connectivity index (χ0) is 15.8. The van der Waals surface area contributed by atoms with Gasteiger partial charge in [0.15, 0.2) is 18.1 Å². The normalized spacial score (nSPS) is 10.6. The summed E-state index contributed by atoms with van der Waals surface area (Å²) in [5.74, 6) is 1.24. The van der Waals surface area contributed by atoms with Gasteiger partial charge in [-0.3, -0.25) is 4.79 Å². The van der Waals surface area contributed by atoms with E-state index in [1.807, 2.05) is 25.1 Å². The molecule has 1 aromatic carbocycles. The van der Waals surface area contributed by atoms with E-state index in [4.69, 9.17) is 9.47 Å². The van der Waals surface area contributed by atoms with Gasteiger partial charge in [0.1, 0.15) is 0 Å². The second-order valence-electron chi connectivity index (χ2n) is 5.29. The van der Waals surface area contributed by atoms with Gasteiger partial charge in [0.25, 0.3) is 5.91 Å². The molecular weight excluding hydrogens is 268 g/mol. The lowest BCUT2D eigenvalue weighted by atomic mass is 10.1. The van der Waals surface area contributed by atoms with Crippen LogP contribution in [0, 0.1) is 0 Å². The summed E-state index contributed by atoms with van der Waals surface area (Å²) in [5, 5.41) is 3.35. The molecule has 0 bridgehead atoms. The topological polar surface area (TPSA) is 50.8 Å². The van der Waals surface area contributed by atoms with Crippen molar-refractivity contribution < 1.29 is 14.3 Å². The number of amides is 1. The molecule has 0 saturated heterocycles. The molecule has 0 spiro atoms. The molecule has 21 heavy (non-hydrogen) atoms. The second kappa shape index (κ2) is 8.52. The van der Waals surface area contributed by atoms with Gasteiger partial charge in [0.2, 0.25) is 0 Å². The van der Waals surface area contributed by atoms with Gasteiger partial charge in [-0.15, -0.1) is 0 Å². The molecule has 0 unspecified atom stereocenters. The lowest BCUT2D eigenvalue weighted by Crippen LogP contribution is -2.28. The summed E-state index contributed by atoms with van der Waals surface area (Å²) in [6.07, 6.45) is 0. The largest absolute Gasteiger partial charge is 0.490 e. The van der Waals surface area contributed by atoms with Crippen molar-refractivity contribution in [2.75, 3.05) is 27.3 Å². The number of carbonyl (C=O) groups excluding carboxylic acids is 1. The first-order valence-corrected chi connectivity index (χ1v) is 7.26. The molecule has 0 aliphatic rings. The van der Waals surface area contributed by atoms with E-state index in [1.54, 1.807) is 14.1 Å². The van der Waals surface area contributed by atoms with Crippen molar-refractivity contribution in [1.29, 1.82) is 0 Å². The van der Waals surface area contributed by atoms with Gasteiger partial charge in [0, 0.05) is 32.2 Å². The van der Waals surface area contributed by atoms with Crippen molar-refractivity contribution in [3.05, 3.63) is 23.8 Å². The maximum Gasteiger partial charge on any atom is 0.259 e. The fourth-order valence-corrected chi connectivity index (χ4v) is 1.71. The molecule has 1 amide bonds. The minimum absolute atomic E-state index is 0.00572. The Morgan fingerprint density at radius 3 is 2.57 bits per heavy atom. The van der Waals surface area contributed by atoms with Gasteiger partial charge in [-0.1, -0.05) is 26.0 Å². The predicted octanol–water partition coefficient (Wildman–Crippen LogP) is 2.05. The summed E-state index contributed by atoms with van der Waals surface area (Å²) >= 11 is 0. The third kappa shape index (κ3) is 5.63. The monoisotopic (exact) mass is 294 g/mol.